The minimum atomic E-state index is -3.83. The number of methoxy groups -OCH3 is 1. The second kappa shape index (κ2) is 12.8. The summed E-state index contributed by atoms with van der Waals surface area (Å²) in [6, 6.07) is 11.1. The number of ether oxygens (including phenoxy) is 2. The van der Waals surface area contributed by atoms with E-state index in [1.807, 2.05) is 0 Å². The predicted molar refractivity (Wildman–Crippen MR) is 163 cm³/mol. The topological polar surface area (TPSA) is 117 Å². The van der Waals surface area contributed by atoms with Crippen LogP contribution < -0.4 is 20.3 Å². The molecule has 0 spiro atoms. The average Bonchev–Trinajstić information content (AvgIpc) is 3.04. The number of carbonyl (C=O) groups is 3. The van der Waals surface area contributed by atoms with Gasteiger partial charge in [-0.05, 0) is 75.4 Å². The fraction of sp³-hybridized carbons (Fsp3) is 0.323. The molecule has 1 unspecified atom stereocenters. The molecule has 0 bridgehead atoms. The van der Waals surface area contributed by atoms with E-state index in [0.29, 0.717) is 0 Å². The van der Waals surface area contributed by atoms with E-state index in [4.69, 9.17) is 32.7 Å². The zero-order chi connectivity index (χ0) is 33.3. The van der Waals surface area contributed by atoms with Gasteiger partial charge in [0.2, 0.25) is 0 Å². The zero-order valence-corrected chi connectivity index (χ0v) is 26.2. The van der Waals surface area contributed by atoms with Crippen molar-refractivity contribution in [2.75, 3.05) is 30.4 Å². The van der Waals surface area contributed by atoms with E-state index in [0.717, 1.165) is 23.1 Å². The summed E-state index contributed by atoms with van der Waals surface area (Å²) in [6.45, 7) is 3.32. The molecule has 1 heterocycles. The summed E-state index contributed by atoms with van der Waals surface area (Å²) in [4.78, 5) is 40.0. The van der Waals surface area contributed by atoms with Gasteiger partial charge in [-0.3, -0.25) is 9.59 Å². The molecule has 0 aromatic heterocycles. The number of aliphatic hydroxyl groups is 1. The first kappa shape index (κ1) is 33.9. The number of nitrogens with one attached hydrogen (secondary N) is 2. The first-order valence-corrected chi connectivity index (χ1v) is 14.3. The largest absolute Gasteiger partial charge is 0.495 e. The Morgan fingerprint density at radius 2 is 1.76 bits per heavy atom. The highest BCUT2D eigenvalue weighted by molar-refractivity contribution is 6.34. The Kier molecular flexibility index (Phi) is 9.62. The van der Waals surface area contributed by atoms with Crippen LogP contribution in [-0.2, 0) is 10.3 Å². The molecule has 3 amide bonds. The van der Waals surface area contributed by atoms with Gasteiger partial charge < -0.3 is 30.1 Å². The molecule has 45 heavy (non-hydrogen) atoms. The highest BCUT2D eigenvalue weighted by Gasteiger charge is 2.57. The Bertz CT molecular complexity index is 1650. The van der Waals surface area contributed by atoms with E-state index in [9.17, 15) is 23.9 Å². The van der Waals surface area contributed by atoms with E-state index in [-0.39, 0.29) is 43.9 Å². The molecule has 3 aromatic rings. The third kappa shape index (κ3) is 7.29. The van der Waals surface area contributed by atoms with Crippen LogP contribution in [0.5, 0.6) is 5.75 Å². The van der Waals surface area contributed by atoms with Crippen LogP contribution in [-0.4, -0.2) is 54.7 Å². The molecule has 0 fully saturated rings. The Morgan fingerprint density at radius 3 is 2.42 bits per heavy atom. The lowest BCUT2D eigenvalue weighted by molar-refractivity contribution is -0.185. The summed E-state index contributed by atoms with van der Waals surface area (Å²) < 4.78 is 55.6. The molecule has 1 atom stereocenters. The van der Waals surface area contributed by atoms with Crippen molar-refractivity contribution in [3.8, 4) is 5.75 Å². The molecule has 3 aromatic carbocycles. The van der Waals surface area contributed by atoms with Gasteiger partial charge in [0, 0.05) is 29.1 Å². The summed E-state index contributed by atoms with van der Waals surface area (Å²) in [5.74, 6) is -5.94. The Hall–Kier alpha value is -4.00. The second-order valence-electron chi connectivity index (χ2n) is 11.3. The third-order valence-electron chi connectivity index (χ3n) is 6.95. The maximum Gasteiger partial charge on any atom is 0.407 e. The molecule has 14 heteroatoms. The second-order valence-corrected chi connectivity index (χ2v) is 12.1. The smallest absolute Gasteiger partial charge is 0.407 e. The van der Waals surface area contributed by atoms with Crippen LogP contribution in [0.2, 0.25) is 10.0 Å². The van der Waals surface area contributed by atoms with Gasteiger partial charge in [-0.1, -0.05) is 23.2 Å². The SMILES string of the molecule is COc1cc(C(=O)N2CCC(F)(F)C(O)(CNC(=O)OC(C)(C)C)c3cc(Cl)ccc32)ccc1NC(=O)c1cc(F)ccc1Cl. The number of anilines is 2. The molecule has 3 N–H and O–H groups in total. The number of fused-ring (bicyclic) bond motifs is 1. The van der Waals surface area contributed by atoms with E-state index in [2.05, 4.69) is 10.6 Å². The van der Waals surface area contributed by atoms with E-state index in [1.165, 1.54) is 43.5 Å². The number of nitrogens with zero attached hydrogens (tertiary/aromatic N) is 1. The van der Waals surface area contributed by atoms with E-state index in [1.54, 1.807) is 20.8 Å². The number of carbonyl (C=O) groups excluding carboxylic acids is 3. The highest BCUT2D eigenvalue weighted by Crippen LogP contribution is 2.47. The lowest BCUT2D eigenvalue weighted by Crippen LogP contribution is -2.53. The van der Waals surface area contributed by atoms with Crippen LogP contribution in [0.4, 0.5) is 29.3 Å². The van der Waals surface area contributed by atoms with Crippen LogP contribution in [0, 0.1) is 5.82 Å². The number of halogens is 5. The number of alkyl carbamates (subject to hydrolysis) is 1. The Balaban J connectivity index is 1.67. The normalized spacial score (nSPS) is 17.5. The quantitative estimate of drug-likeness (QED) is 0.266. The van der Waals surface area contributed by atoms with Crippen molar-refractivity contribution in [3.63, 3.8) is 0 Å². The molecule has 0 saturated carbocycles. The number of hydrogen-bond donors (Lipinski definition) is 3. The van der Waals surface area contributed by atoms with Crippen LogP contribution in [0.25, 0.3) is 0 Å². The lowest BCUT2D eigenvalue weighted by Gasteiger charge is -2.35. The van der Waals surface area contributed by atoms with Crippen molar-refractivity contribution in [3.05, 3.63) is 87.2 Å². The minimum absolute atomic E-state index is 0.00447. The molecule has 0 saturated heterocycles. The fourth-order valence-corrected chi connectivity index (χ4v) is 5.12. The van der Waals surface area contributed by atoms with Crippen molar-refractivity contribution in [2.45, 2.75) is 44.3 Å². The van der Waals surface area contributed by atoms with Crippen LogP contribution in [0.15, 0.2) is 54.6 Å². The number of rotatable bonds is 6. The van der Waals surface area contributed by atoms with Crippen molar-refractivity contribution in [1.29, 1.82) is 0 Å². The van der Waals surface area contributed by atoms with Crippen molar-refractivity contribution in [1.82, 2.24) is 5.32 Å². The highest BCUT2D eigenvalue weighted by atomic mass is 35.5. The van der Waals surface area contributed by atoms with Gasteiger partial charge in [0.1, 0.15) is 17.2 Å². The monoisotopic (exact) mass is 667 g/mol. The lowest BCUT2D eigenvalue weighted by atomic mass is 9.85. The maximum absolute atomic E-state index is 15.7. The Labute approximate surface area is 267 Å². The van der Waals surface area contributed by atoms with Gasteiger partial charge in [-0.25, -0.2) is 18.0 Å². The fourth-order valence-electron chi connectivity index (χ4n) is 4.75. The molecule has 0 aliphatic carbocycles. The third-order valence-corrected chi connectivity index (χ3v) is 7.52. The Morgan fingerprint density at radius 1 is 1.04 bits per heavy atom. The molecule has 1 aliphatic heterocycles. The molecule has 240 valence electrons. The summed E-state index contributed by atoms with van der Waals surface area (Å²) in [5, 5.41) is 16.3. The number of hydrogen-bond acceptors (Lipinski definition) is 6. The summed E-state index contributed by atoms with van der Waals surface area (Å²) in [7, 11) is 1.29. The van der Waals surface area contributed by atoms with Crippen molar-refractivity contribution in [2.24, 2.45) is 0 Å². The molecular formula is C31H30Cl2F3N3O6. The van der Waals surface area contributed by atoms with Gasteiger partial charge in [0.05, 0.1) is 35.6 Å². The summed E-state index contributed by atoms with van der Waals surface area (Å²) in [5.41, 5.74) is -4.35. The van der Waals surface area contributed by atoms with Crippen LogP contribution >= 0.6 is 23.2 Å². The summed E-state index contributed by atoms with van der Waals surface area (Å²) >= 11 is 12.2. The molecular weight excluding hydrogens is 638 g/mol. The molecule has 1 aliphatic rings. The number of amides is 3. The minimum Gasteiger partial charge on any atom is -0.495 e. The predicted octanol–water partition coefficient (Wildman–Crippen LogP) is 6.79. The maximum atomic E-state index is 15.7. The number of benzene rings is 3. The van der Waals surface area contributed by atoms with Gasteiger partial charge in [0.25, 0.3) is 17.7 Å². The molecule has 0 radical (unpaired) electrons. The van der Waals surface area contributed by atoms with Gasteiger partial charge in [-0.2, -0.15) is 0 Å². The zero-order valence-electron chi connectivity index (χ0n) is 24.6. The first-order valence-electron chi connectivity index (χ1n) is 13.6. The van der Waals surface area contributed by atoms with Crippen LogP contribution in [0.3, 0.4) is 0 Å². The van der Waals surface area contributed by atoms with Gasteiger partial charge >= 0.3 is 6.09 Å². The number of alkyl halides is 2. The van der Waals surface area contributed by atoms with Gasteiger partial charge in [-0.15, -0.1) is 0 Å². The van der Waals surface area contributed by atoms with Crippen LogP contribution in [0.1, 0.15) is 53.5 Å². The average molecular weight is 668 g/mol. The summed E-state index contributed by atoms with van der Waals surface area (Å²) in [6.07, 6.45) is -2.00. The van der Waals surface area contributed by atoms with Crippen molar-refractivity contribution >= 4 is 52.5 Å². The molecule has 4 rings (SSSR count). The standard InChI is InChI=1S/C31H30Cl2F3N3O6/c1-29(2,3)45-28(42)37-16-30(43)21-14-18(32)6-10-24(21)39(12-11-31(30,35)36)27(41)17-5-9-23(25(13-17)44-4)38-26(40)20-15-19(34)7-8-22(20)33/h5-10,13-15,43H,11-12,16H2,1-4H3,(H,37,42)(H,38,40). The molecule has 9 nitrogen and oxygen atoms in total. The first-order chi connectivity index (χ1) is 21.0. The van der Waals surface area contributed by atoms with E-state index < -0.39 is 60.4 Å². The van der Waals surface area contributed by atoms with Gasteiger partial charge in [0.15, 0.2) is 5.60 Å². The van der Waals surface area contributed by atoms with E-state index >= 15 is 8.78 Å². The van der Waals surface area contributed by atoms with Crippen molar-refractivity contribution < 1.29 is 42.1 Å².